The van der Waals surface area contributed by atoms with Crippen LogP contribution in [-0.4, -0.2) is 49.7 Å². The minimum atomic E-state index is -0.778. The summed E-state index contributed by atoms with van der Waals surface area (Å²) in [7, 11) is 0. The first kappa shape index (κ1) is 22.5. The molecule has 3 amide bonds. The van der Waals surface area contributed by atoms with Gasteiger partial charge in [-0.1, -0.05) is 23.2 Å². The Labute approximate surface area is 176 Å². The summed E-state index contributed by atoms with van der Waals surface area (Å²) in [6.45, 7) is 2.58. The first-order valence-electron chi connectivity index (χ1n) is 8.59. The van der Waals surface area contributed by atoms with Crippen LogP contribution in [0.15, 0.2) is 29.5 Å². The molecule has 0 aliphatic carbocycles. The fourth-order valence-corrected chi connectivity index (χ4v) is 3.01. The molecule has 1 aromatic rings. The Morgan fingerprint density at radius 1 is 1.21 bits per heavy atom. The number of hydrogen-bond donors (Lipinski definition) is 3. The average molecular weight is 444 g/mol. The molecule has 0 bridgehead atoms. The van der Waals surface area contributed by atoms with E-state index < -0.39 is 36.5 Å². The molecule has 1 aromatic carbocycles. The van der Waals surface area contributed by atoms with E-state index in [1.165, 1.54) is 18.2 Å². The smallest absolute Gasteiger partial charge is 0.338 e. The number of nitrogens with one attached hydrogen (secondary N) is 3. The highest BCUT2D eigenvalue weighted by Crippen LogP contribution is 2.20. The molecule has 1 aliphatic heterocycles. The van der Waals surface area contributed by atoms with Crippen LogP contribution in [0.25, 0.3) is 0 Å². The van der Waals surface area contributed by atoms with Crippen LogP contribution in [0.4, 0.5) is 4.79 Å². The number of carbonyl (C=O) groups is 4. The lowest BCUT2D eigenvalue weighted by atomic mass is 10.0. The highest BCUT2D eigenvalue weighted by Gasteiger charge is 2.30. The van der Waals surface area contributed by atoms with Crippen molar-refractivity contribution in [3.8, 4) is 0 Å². The Kier molecular flexibility index (Phi) is 7.86. The number of esters is 2. The molecule has 0 saturated carbocycles. The zero-order chi connectivity index (χ0) is 21.6. The Bertz CT molecular complexity index is 871. The van der Waals surface area contributed by atoms with Gasteiger partial charge < -0.3 is 25.4 Å². The van der Waals surface area contributed by atoms with Crippen molar-refractivity contribution in [2.24, 2.45) is 0 Å². The van der Waals surface area contributed by atoms with Crippen molar-refractivity contribution in [3.63, 3.8) is 0 Å². The monoisotopic (exact) mass is 443 g/mol. The van der Waals surface area contributed by atoms with Crippen molar-refractivity contribution >= 4 is 47.1 Å². The Balaban J connectivity index is 1.97. The van der Waals surface area contributed by atoms with Gasteiger partial charge in [-0.3, -0.25) is 9.59 Å². The molecule has 1 atom stereocenters. The van der Waals surface area contributed by atoms with Crippen LogP contribution in [0.5, 0.6) is 0 Å². The van der Waals surface area contributed by atoms with Gasteiger partial charge in [0.25, 0.3) is 5.91 Å². The number of benzene rings is 1. The van der Waals surface area contributed by atoms with Gasteiger partial charge in [-0.25, -0.2) is 9.59 Å². The summed E-state index contributed by atoms with van der Waals surface area (Å²) < 4.78 is 10.0. The first-order chi connectivity index (χ1) is 13.7. The third-order valence-corrected chi connectivity index (χ3v) is 4.36. The topological polar surface area (TPSA) is 123 Å². The van der Waals surface area contributed by atoms with E-state index in [4.69, 9.17) is 32.7 Å². The van der Waals surface area contributed by atoms with Gasteiger partial charge in [-0.05, 0) is 32.0 Å². The lowest BCUT2D eigenvalue weighted by molar-refractivity contribution is -0.142. The van der Waals surface area contributed by atoms with Crippen molar-refractivity contribution < 1.29 is 28.7 Å². The minimum absolute atomic E-state index is 0.111. The third-order valence-electron chi connectivity index (χ3n) is 3.81. The van der Waals surface area contributed by atoms with E-state index in [9.17, 15) is 19.2 Å². The highest BCUT2D eigenvalue weighted by molar-refractivity contribution is 6.36. The molecule has 29 heavy (non-hydrogen) atoms. The second-order valence-electron chi connectivity index (χ2n) is 5.90. The quantitative estimate of drug-likeness (QED) is 0.551. The molecule has 2 rings (SSSR count). The second-order valence-corrected chi connectivity index (χ2v) is 6.74. The van der Waals surface area contributed by atoms with E-state index in [0.717, 1.165) is 0 Å². The van der Waals surface area contributed by atoms with Crippen LogP contribution in [0.3, 0.4) is 0 Å². The minimum Gasteiger partial charge on any atom is -0.463 e. The van der Waals surface area contributed by atoms with E-state index in [1.54, 1.807) is 13.8 Å². The molecule has 9 nitrogen and oxygen atoms in total. The van der Waals surface area contributed by atoms with Crippen molar-refractivity contribution in [1.29, 1.82) is 0 Å². The molecule has 0 fully saturated rings. The molecule has 0 unspecified atom stereocenters. The largest absolute Gasteiger partial charge is 0.463 e. The van der Waals surface area contributed by atoms with Gasteiger partial charge >= 0.3 is 18.0 Å². The van der Waals surface area contributed by atoms with Gasteiger partial charge in [0.15, 0.2) is 0 Å². The highest BCUT2D eigenvalue weighted by atomic mass is 35.5. The fourth-order valence-electron chi connectivity index (χ4n) is 2.52. The van der Waals surface area contributed by atoms with Crippen LogP contribution < -0.4 is 16.0 Å². The number of carbonyl (C=O) groups excluding carboxylic acids is 4. The number of halogens is 2. The van der Waals surface area contributed by atoms with Crippen LogP contribution in [0, 0.1) is 0 Å². The zero-order valence-corrected chi connectivity index (χ0v) is 17.1. The standard InChI is InChI=1S/C18H19Cl2N3O6/c1-3-28-17(26)15-9(2)22-18(27)23-13(15)8-29-14(24)7-21-16(25)11-5-4-10(19)6-12(11)20/h4-6,9H,3,7-8H2,1-2H3,(H,21,25)(H2,22,23,27)/t9-/m1/s1. The molecule has 0 aromatic heterocycles. The summed E-state index contributed by atoms with van der Waals surface area (Å²) in [4.78, 5) is 47.8. The lowest BCUT2D eigenvalue weighted by Crippen LogP contribution is -2.50. The van der Waals surface area contributed by atoms with Gasteiger partial charge in [-0.15, -0.1) is 0 Å². The Morgan fingerprint density at radius 3 is 2.59 bits per heavy atom. The average Bonchev–Trinajstić information content (AvgIpc) is 2.64. The maximum atomic E-state index is 12.1. The number of rotatable bonds is 7. The third kappa shape index (κ3) is 6.10. The SMILES string of the molecule is CCOC(=O)C1=C(COC(=O)CNC(=O)c2ccc(Cl)cc2Cl)NC(=O)N[C@@H]1C. The van der Waals surface area contributed by atoms with E-state index >= 15 is 0 Å². The van der Waals surface area contributed by atoms with Crippen LogP contribution in [-0.2, 0) is 19.1 Å². The van der Waals surface area contributed by atoms with E-state index in [2.05, 4.69) is 16.0 Å². The second kappa shape index (κ2) is 10.1. The number of urea groups is 1. The van der Waals surface area contributed by atoms with Crippen molar-refractivity contribution in [3.05, 3.63) is 45.1 Å². The number of hydrogen-bond acceptors (Lipinski definition) is 6. The molecular weight excluding hydrogens is 425 g/mol. The molecule has 0 saturated heterocycles. The predicted molar refractivity (Wildman–Crippen MR) is 105 cm³/mol. The summed E-state index contributed by atoms with van der Waals surface area (Å²) in [6, 6.07) is 3.16. The predicted octanol–water partition coefficient (Wildman–Crippen LogP) is 1.78. The number of amides is 3. The lowest BCUT2D eigenvalue weighted by Gasteiger charge is -2.26. The Hall–Kier alpha value is -2.78. The van der Waals surface area contributed by atoms with Crippen molar-refractivity contribution in [2.75, 3.05) is 19.8 Å². The fraction of sp³-hybridized carbons (Fsp3) is 0.333. The summed E-state index contributed by atoms with van der Waals surface area (Å²) in [5.41, 5.74) is 0.409. The van der Waals surface area contributed by atoms with Crippen molar-refractivity contribution in [1.82, 2.24) is 16.0 Å². The van der Waals surface area contributed by atoms with E-state index in [1.807, 2.05) is 0 Å². The van der Waals surface area contributed by atoms with Gasteiger partial charge in [0.2, 0.25) is 0 Å². The number of ether oxygens (including phenoxy) is 2. The van der Waals surface area contributed by atoms with E-state index in [-0.39, 0.29) is 35.1 Å². The maximum absolute atomic E-state index is 12.1. The molecule has 11 heteroatoms. The molecule has 3 N–H and O–H groups in total. The normalized spacial score (nSPS) is 15.9. The van der Waals surface area contributed by atoms with Crippen LogP contribution in [0.2, 0.25) is 10.0 Å². The van der Waals surface area contributed by atoms with Gasteiger partial charge in [0.05, 0.1) is 34.5 Å². The van der Waals surface area contributed by atoms with Gasteiger partial charge in [0.1, 0.15) is 13.2 Å². The first-order valence-corrected chi connectivity index (χ1v) is 9.35. The van der Waals surface area contributed by atoms with Crippen LogP contribution >= 0.6 is 23.2 Å². The molecule has 0 radical (unpaired) electrons. The summed E-state index contributed by atoms with van der Waals surface area (Å²) >= 11 is 11.7. The molecule has 1 aliphatic rings. The summed E-state index contributed by atoms with van der Waals surface area (Å²) in [6.07, 6.45) is 0. The van der Waals surface area contributed by atoms with Gasteiger partial charge in [-0.2, -0.15) is 0 Å². The summed E-state index contributed by atoms with van der Waals surface area (Å²) in [5.74, 6) is -2.00. The Morgan fingerprint density at radius 2 is 1.93 bits per heavy atom. The maximum Gasteiger partial charge on any atom is 0.338 e. The van der Waals surface area contributed by atoms with Gasteiger partial charge in [0, 0.05) is 5.02 Å². The van der Waals surface area contributed by atoms with Crippen molar-refractivity contribution in [2.45, 2.75) is 19.9 Å². The van der Waals surface area contributed by atoms with E-state index in [0.29, 0.717) is 5.02 Å². The molecular formula is C18H19Cl2N3O6. The molecule has 156 valence electrons. The summed E-state index contributed by atoms with van der Waals surface area (Å²) in [5, 5.41) is 7.83. The van der Waals surface area contributed by atoms with Crippen LogP contribution in [0.1, 0.15) is 24.2 Å². The molecule has 0 spiro atoms. The molecule has 1 heterocycles. The zero-order valence-electron chi connectivity index (χ0n) is 15.6.